The molecule has 0 aromatic carbocycles. The number of aliphatic hydroxyl groups is 1. The summed E-state index contributed by atoms with van der Waals surface area (Å²) in [6.45, 7) is 6.70. The molecular weight excluding hydrogens is 201 g/mol. The molecule has 0 unspecified atom stereocenters. The van der Waals surface area contributed by atoms with Crippen LogP contribution >= 0.6 is 0 Å². The molecule has 5 heteroatoms. The number of hydrogen-bond donors (Lipinski definition) is 1. The fourth-order valence-electron chi connectivity index (χ4n) is 0.979. The SMILES string of the molecule is CC(C)(C)OC=O.OC1CCN(F)CC1. The van der Waals surface area contributed by atoms with Crippen molar-refractivity contribution >= 4 is 6.47 Å². The first-order chi connectivity index (χ1) is 6.85. The average Bonchev–Trinajstić information content (AvgIpc) is 2.09. The minimum atomic E-state index is -0.318. The van der Waals surface area contributed by atoms with Gasteiger partial charge in [-0.05, 0) is 33.6 Å². The number of halogens is 1. The van der Waals surface area contributed by atoms with E-state index >= 15 is 0 Å². The van der Waals surface area contributed by atoms with Crippen molar-refractivity contribution in [3.63, 3.8) is 0 Å². The van der Waals surface area contributed by atoms with Crippen LogP contribution in [0.3, 0.4) is 0 Å². The molecule has 1 fully saturated rings. The number of rotatable bonds is 1. The van der Waals surface area contributed by atoms with Crippen LogP contribution in [0.1, 0.15) is 33.6 Å². The lowest BCUT2D eigenvalue weighted by Crippen LogP contribution is -2.29. The Bertz CT molecular complexity index is 164. The molecule has 1 saturated heterocycles. The quantitative estimate of drug-likeness (QED) is 0.535. The largest absolute Gasteiger partial charge is 0.462 e. The fraction of sp³-hybridized carbons (Fsp3) is 0.900. The first-order valence-electron chi connectivity index (χ1n) is 5.05. The van der Waals surface area contributed by atoms with Crippen molar-refractivity contribution in [3.8, 4) is 0 Å². The van der Waals surface area contributed by atoms with E-state index in [1.807, 2.05) is 20.8 Å². The van der Waals surface area contributed by atoms with Crippen LogP contribution in [0.4, 0.5) is 4.48 Å². The molecule has 90 valence electrons. The summed E-state index contributed by atoms with van der Waals surface area (Å²) in [7, 11) is 0. The van der Waals surface area contributed by atoms with Gasteiger partial charge < -0.3 is 9.84 Å². The third kappa shape index (κ3) is 9.62. The Morgan fingerprint density at radius 2 is 1.87 bits per heavy atom. The van der Waals surface area contributed by atoms with Crippen LogP contribution < -0.4 is 0 Å². The van der Waals surface area contributed by atoms with E-state index in [0.717, 1.165) is 5.12 Å². The Morgan fingerprint density at radius 1 is 1.40 bits per heavy atom. The van der Waals surface area contributed by atoms with E-state index in [2.05, 4.69) is 4.74 Å². The highest BCUT2D eigenvalue weighted by Crippen LogP contribution is 2.08. The summed E-state index contributed by atoms with van der Waals surface area (Å²) < 4.78 is 16.6. The molecule has 0 aromatic rings. The van der Waals surface area contributed by atoms with Crippen molar-refractivity contribution in [1.82, 2.24) is 5.12 Å². The van der Waals surface area contributed by atoms with E-state index in [1.165, 1.54) is 0 Å². The van der Waals surface area contributed by atoms with Gasteiger partial charge in [0.2, 0.25) is 0 Å². The lowest BCUT2D eigenvalue weighted by Gasteiger charge is -2.21. The Morgan fingerprint density at radius 3 is 2.07 bits per heavy atom. The molecule has 0 saturated carbocycles. The highest BCUT2D eigenvalue weighted by Gasteiger charge is 2.15. The van der Waals surface area contributed by atoms with E-state index in [9.17, 15) is 9.28 Å². The number of carbonyl (C=O) groups excluding carboxylic acids is 1. The van der Waals surface area contributed by atoms with Crippen molar-refractivity contribution in [3.05, 3.63) is 0 Å². The maximum atomic E-state index is 12.1. The summed E-state index contributed by atoms with van der Waals surface area (Å²) in [5.41, 5.74) is -0.318. The molecule has 1 rings (SSSR count). The van der Waals surface area contributed by atoms with Crippen molar-refractivity contribution < 1.29 is 19.1 Å². The maximum absolute atomic E-state index is 12.1. The van der Waals surface area contributed by atoms with Crippen LogP contribution in [-0.4, -0.2) is 41.5 Å². The predicted octanol–water partition coefficient (Wildman–Crippen LogP) is 1.29. The predicted molar refractivity (Wildman–Crippen MR) is 54.8 cm³/mol. The Labute approximate surface area is 90.0 Å². The normalized spacial score (nSPS) is 19.0. The van der Waals surface area contributed by atoms with E-state index in [-0.39, 0.29) is 11.7 Å². The van der Waals surface area contributed by atoms with Crippen LogP contribution in [0.5, 0.6) is 0 Å². The standard InChI is InChI=1S/C5H10FNO.C5H10O2/c6-7-3-1-5(8)2-4-7;1-5(2,3)7-4-6/h5,8H,1-4H2;4H,1-3H3. The smallest absolute Gasteiger partial charge is 0.293 e. The van der Waals surface area contributed by atoms with Gasteiger partial charge in [-0.1, -0.05) is 0 Å². The Balaban J connectivity index is 0.000000265. The minimum Gasteiger partial charge on any atom is -0.462 e. The molecule has 0 bridgehead atoms. The van der Waals surface area contributed by atoms with Crippen LogP contribution in [0.2, 0.25) is 0 Å². The van der Waals surface area contributed by atoms with Crippen LogP contribution in [0.25, 0.3) is 0 Å². The molecule has 0 aromatic heterocycles. The van der Waals surface area contributed by atoms with Gasteiger partial charge in [-0.15, -0.1) is 9.60 Å². The zero-order valence-electron chi connectivity index (χ0n) is 9.57. The minimum absolute atomic E-state index is 0.262. The number of carbonyl (C=O) groups is 1. The topological polar surface area (TPSA) is 49.8 Å². The summed E-state index contributed by atoms with van der Waals surface area (Å²) in [5.74, 6) is 0. The first-order valence-corrected chi connectivity index (χ1v) is 5.05. The van der Waals surface area contributed by atoms with Gasteiger partial charge in [0.05, 0.1) is 6.10 Å². The number of ether oxygens (including phenoxy) is 1. The van der Waals surface area contributed by atoms with Gasteiger partial charge in [-0.25, -0.2) is 0 Å². The second-order valence-electron chi connectivity index (χ2n) is 4.47. The van der Waals surface area contributed by atoms with Gasteiger partial charge in [-0.2, -0.15) is 0 Å². The number of aliphatic hydroxyl groups excluding tert-OH is 1. The second-order valence-corrected chi connectivity index (χ2v) is 4.47. The molecule has 0 radical (unpaired) electrons. The van der Waals surface area contributed by atoms with E-state index in [4.69, 9.17) is 5.11 Å². The molecule has 1 aliphatic heterocycles. The van der Waals surface area contributed by atoms with Gasteiger partial charge in [0.15, 0.2) is 0 Å². The van der Waals surface area contributed by atoms with Crippen molar-refractivity contribution in [1.29, 1.82) is 0 Å². The first kappa shape index (κ1) is 14.3. The van der Waals surface area contributed by atoms with Crippen LogP contribution in [0, 0.1) is 0 Å². The molecular formula is C10H20FNO3. The molecule has 1 heterocycles. The van der Waals surface area contributed by atoms with Gasteiger partial charge in [0.1, 0.15) is 5.60 Å². The molecule has 15 heavy (non-hydrogen) atoms. The summed E-state index contributed by atoms with van der Waals surface area (Å²) in [6, 6.07) is 0. The van der Waals surface area contributed by atoms with Crippen molar-refractivity contribution in [2.24, 2.45) is 0 Å². The van der Waals surface area contributed by atoms with Gasteiger partial charge in [-0.3, -0.25) is 4.79 Å². The Hall–Kier alpha value is -0.680. The average molecular weight is 221 g/mol. The van der Waals surface area contributed by atoms with E-state index < -0.39 is 0 Å². The van der Waals surface area contributed by atoms with Crippen LogP contribution in [-0.2, 0) is 9.53 Å². The zero-order chi connectivity index (χ0) is 11.9. The summed E-state index contributed by atoms with van der Waals surface area (Å²) in [4.78, 5) is 9.60. The summed E-state index contributed by atoms with van der Waals surface area (Å²) in [6.07, 6.45) is 0.898. The van der Waals surface area contributed by atoms with Crippen LogP contribution in [0.15, 0.2) is 0 Å². The van der Waals surface area contributed by atoms with Gasteiger partial charge in [0, 0.05) is 13.1 Å². The number of piperidine rings is 1. The molecule has 0 aliphatic carbocycles. The summed E-state index contributed by atoms with van der Waals surface area (Å²) in [5, 5.41) is 9.58. The van der Waals surface area contributed by atoms with E-state index in [0.29, 0.717) is 32.4 Å². The Kier molecular flexibility index (Phi) is 6.43. The lowest BCUT2D eigenvalue weighted by molar-refractivity contribution is -0.138. The number of nitrogens with zero attached hydrogens (tertiary/aromatic N) is 1. The highest BCUT2D eigenvalue weighted by atomic mass is 19.2. The monoisotopic (exact) mass is 221 g/mol. The summed E-state index contributed by atoms with van der Waals surface area (Å²) >= 11 is 0. The molecule has 1 N–H and O–H groups in total. The second kappa shape index (κ2) is 6.74. The zero-order valence-corrected chi connectivity index (χ0v) is 9.57. The highest BCUT2D eigenvalue weighted by molar-refractivity contribution is 5.37. The third-order valence-corrected chi connectivity index (χ3v) is 1.81. The molecule has 0 spiro atoms. The number of hydrogen-bond acceptors (Lipinski definition) is 4. The van der Waals surface area contributed by atoms with Gasteiger partial charge in [0.25, 0.3) is 6.47 Å². The third-order valence-electron chi connectivity index (χ3n) is 1.81. The fourth-order valence-corrected chi connectivity index (χ4v) is 0.979. The molecule has 4 nitrogen and oxygen atoms in total. The lowest BCUT2D eigenvalue weighted by atomic mass is 10.1. The maximum Gasteiger partial charge on any atom is 0.293 e. The molecule has 0 amide bonds. The van der Waals surface area contributed by atoms with E-state index in [1.54, 1.807) is 0 Å². The van der Waals surface area contributed by atoms with Gasteiger partial charge >= 0.3 is 0 Å². The van der Waals surface area contributed by atoms with Crippen molar-refractivity contribution in [2.45, 2.75) is 45.3 Å². The molecule has 1 aliphatic rings. The van der Waals surface area contributed by atoms with Crippen molar-refractivity contribution in [2.75, 3.05) is 13.1 Å². The molecule has 0 atom stereocenters.